The monoisotopic (exact) mass is 312 g/mol. The molecule has 0 spiro atoms. The molecule has 6 heteroatoms. The van der Waals surface area contributed by atoms with E-state index in [-0.39, 0.29) is 11.8 Å². The molecule has 1 unspecified atom stereocenters. The van der Waals surface area contributed by atoms with Crippen LogP contribution in [0.5, 0.6) is 0 Å². The smallest absolute Gasteiger partial charge is 0.258 e. The predicted octanol–water partition coefficient (Wildman–Crippen LogP) is 2.27. The number of nitrogens with zero attached hydrogens (tertiary/aromatic N) is 3. The van der Waals surface area contributed by atoms with E-state index in [1.54, 1.807) is 11.7 Å². The molecule has 0 radical (unpaired) electrons. The third-order valence-corrected chi connectivity index (χ3v) is 4.50. The standard InChI is InChI=1S/C15H25ClN4O/c1-10(2)13-12(14(16)19(4)18-13)15(21)20-7-5-6-11(9-20)8-17-3/h10-11,17H,5-9H2,1-4H3. The van der Waals surface area contributed by atoms with Crippen molar-refractivity contribution in [1.29, 1.82) is 0 Å². The lowest BCUT2D eigenvalue weighted by molar-refractivity contribution is 0.0673. The highest BCUT2D eigenvalue weighted by Gasteiger charge is 2.30. The lowest BCUT2D eigenvalue weighted by Gasteiger charge is -2.33. The van der Waals surface area contributed by atoms with Crippen molar-refractivity contribution in [1.82, 2.24) is 20.0 Å². The fraction of sp³-hybridized carbons (Fsp3) is 0.733. The van der Waals surface area contributed by atoms with Crippen molar-refractivity contribution in [2.75, 3.05) is 26.7 Å². The Hall–Kier alpha value is -1.07. The van der Waals surface area contributed by atoms with Crippen molar-refractivity contribution in [2.45, 2.75) is 32.6 Å². The van der Waals surface area contributed by atoms with Gasteiger partial charge in [0.1, 0.15) is 5.15 Å². The lowest BCUT2D eigenvalue weighted by atomic mass is 9.97. The van der Waals surface area contributed by atoms with Gasteiger partial charge in [0.25, 0.3) is 5.91 Å². The van der Waals surface area contributed by atoms with Gasteiger partial charge in [-0.3, -0.25) is 9.48 Å². The van der Waals surface area contributed by atoms with Crippen molar-refractivity contribution >= 4 is 17.5 Å². The second-order valence-electron chi connectivity index (χ2n) is 6.15. The number of aromatic nitrogens is 2. The van der Waals surface area contributed by atoms with Gasteiger partial charge in [-0.2, -0.15) is 5.10 Å². The van der Waals surface area contributed by atoms with Crippen molar-refractivity contribution in [2.24, 2.45) is 13.0 Å². The number of likely N-dealkylation sites (tertiary alicyclic amines) is 1. The Morgan fingerprint density at radius 3 is 2.86 bits per heavy atom. The maximum atomic E-state index is 12.9. The highest BCUT2D eigenvalue weighted by Crippen LogP contribution is 2.28. The Kier molecular flexibility index (Phi) is 5.27. The Labute approximate surface area is 131 Å². The summed E-state index contributed by atoms with van der Waals surface area (Å²) in [5, 5.41) is 8.05. The van der Waals surface area contributed by atoms with E-state index in [1.807, 2.05) is 25.8 Å². The normalized spacial score (nSPS) is 19.3. The molecule has 1 amide bonds. The first-order chi connectivity index (χ1) is 9.95. The molecular weight excluding hydrogens is 288 g/mol. The first kappa shape index (κ1) is 16.3. The highest BCUT2D eigenvalue weighted by atomic mass is 35.5. The zero-order valence-corrected chi connectivity index (χ0v) is 14.1. The van der Waals surface area contributed by atoms with Gasteiger partial charge in [0.2, 0.25) is 0 Å². The number of carbonyl (C=O) groups is 1. The first-order valence-corrected chi connectivity index (χ1v) is 7.99. The maximum Gasteiger partial charge on any atom is 0.258 e. The van der Waals surface area contributed by atoms with Crippen LogP contribution in [0.25, 0.3) is 0 Å². The van der Waals surface area contributed by atoms with Gasteiger partial charge in [-0.15, -0.1) is 0 Å². The van der Waals surface area contributed by atoms with Crippen LogP contribution in [0.2, 0.25) is 5.15 Å². The Morgan fingerprint density at radius 1 is 1.52 bits per heavy atom. The Balaban J connectivity index is 2.23. The van der Waals surface area contributed by atoms with Crippen LogP contribution >= 0.6 is 11.6 Å². The number of amides is 1. The molecule has 0 saturated carbocycles. The molecule has 1 aliphatic heterocycles. The summed E-state index contributed by atoms with van der Waals surface area (Å²) >= 11 is 6.31. The molecule has 1 aromatic rings. The number of carbonyl (C=O) groups excluding carboxylic acids is 1. The molecule has 0 bridgehead atoms. The van der Waals surface area contributed by atoms with Crippen LogP contribution in [-0.4, -0.2) is 47.3 Å². The number of hydrogen-bond donors (Lipinski definition) is 1. The second-order valence-corrected chi connectivity index (χ2v) is 6.50. The number of nitrogens with one attached hydrogen (secondary N) is 1. The zero-order chi connectivity index (χ0) is 15.6. The van der Waals surface area contributed by atoms with Gasteiger partial charge < -0.3 is 10.2 Å². The second kappa shape index (κ2) is 6.79. The summed E-state index contributed by atoms with van der Waals surface area (Å²) in [6.07, 6.45) is 2.22. The topological polar surface area (TPSA) is 50.2 Å². The molecule has 1 saturated heterocycles. The van der Waals surface area contributed by atoms with E-state index in [1.165, 1.54) is 6.42 Å². The summed E-state index contributed by atoms with van der Waals surface area (Å²) in [5.74, 6) is 0.726. The molecule has 1 atom stereocenters. The molecule has 5 nitrogen and oxygen atoms in total. The molecule has 1 aliphatic rings. The Bertz CT molecular complexity index is 510. The highest BCUT2D eigenvalue weighted by molar-refractivity contribution is 6.33. The fourth-order valence-corrected chi connectivity index (χ4v) is 3.20. The van der Waals surface area contributed by atoms with E-state index >= 15 is 0 Å². The van der Waals surface area contributed by atoms with E-state index in [9.17, 15) is 4.79 Å². The number of rotatable bonds is 4. The van der Waals surface area contributed by atoms with Crippen LogP contribution in [0.15, 0.2) is 0 Å². The molecule has 1 aromatic heterocycles. The molecule has 2 heterocycles. The number of hydrogen-bond acceptors (Lipinski definition) is 3. The minimum Gasteiger partial charge on any atom is -0.338 e. The van der Waals surface area contributed by atoms with E-state index in [0.717, 1.165) is 31.7 Å². The third kappa shape index (κ3) is 3.40. The molecule has 2 rings (SSSR count). The number of aryl methyl sites for hydroxylation is 1. The van der Waals surface area contributed by atoms with Gasteiger partial charge in [0.05, 0.1) is 11.3 Å². The third-order valence-electron chi connectivity index (χ3n) is 4.06. The number of halogens is 1. The van der Waals surface area contributed by atoms with Crippen LogP contribution < -0.4 is 5.32 Å². The molecular formula is C15H25ClN4O. The van der Waals surface area contributed by atoms with Gasteiger partial charge in [0.15, 0.2) is 0 Å². The fourth-order valence-electron chi connectivity index (χ4n) is 2.99. The number of piperidine rings is 1. The van der Waals surface area contributed by atoms with Crippen molar-refractivity contribution in [3.63, 3.8) is 0 Å². The summed E-state index contributed by atoms with van der Waals surface area (Å²) in [5.41, 5.74) is 1.38. The van der Waals surface area contributed by atoms with E-state index < -0.39 is 0 Å². The minimum absolute atomic E-state index is 0.0256. The summed E-state index contributed by atoms with van der Waals surface area (Å²) in [7, 11) is 3.74. The lowest BCUT2D eigenvalue weighted by Crippen LogP contribution is -2.42. The zero-order valence-electron chi connectivity index (χ0n) is 13.3. The van der Waals surface area contributed by atoms with Crippen molar-refractivity contribution < 1.29 is 4.79 Å². The van der Waals surface area contributed by atoms with Crippen molar-refractivity contribution in [3.8, 4) is 0 Å². The Morgan fingerprint density at radius 2 is 2.24 bits per heavy atom. The van der Waals surface area contributed by atoms with Gasteiger partial charge in [0, 0.05) is 20.1 Å². The van der Waals surface area contributed by atoms with Gasteiger partial charge in [-0.1, -0.05) is 25.4 Å². The quantitative estimate of drug-likeness (QED) is 0.928. The average molecular weight is 313 g/mol. The van der Waals surface area contributed by atoms with Gasteiger partial charge >= 0.3 is 0 Å². The van der Waals surface area contributed by atoms with Crippen LogP contribution in [-0.2, 0) is 7.05 Å². The van der Waals surface area contributed by atoms with Crippen LogP contribution in [0.1, 0.15) is 48.7 Å². The van der Waals surface area contributed by atoms with E-state index in [2.05, 4.69) is 10.4 Å². The van der Waals surface area contributed by atoms with Crippen LogP contribution in [0.3, 0.4) is 0 Å². The average Bonchev–Trinajstić information content (AvgIpc) is 2.75. The molecule has 1 fully saturated rings. The molecule has 0 aromatic carbocycles. The molecule has 21 heavy (non-hydrogen) atoms. The van der Waals surface area contributed by atoms with E-state index in [0.29, 0.717) is 16.6 Å². The van der Waals surface area contributed by atoms with Gasteiger partial charge in [-0.05, 0) is 38.3 Å². The first-order valence-electron chi connectivity index (χ1n) is 7.62. The molecule has 0 aliphatic carbocycles. The van der Waals surface area contributed by atoms with Gasteiger partial charge in [-0.25, -0.2) is 0 Å². The maximum absolute atomic E-state index is 12.9. The summed E-state index contributed by atoms with van der Waals surface area (Å²) in [4.78, 5) is 14.8. The SMILES string of the molecule is CNCC1CCCN(C(=O)c2c(C(C)C)nn(C)c2Cl)C1. The molecule has 118 valence electrons. The summed E-state index contributed by atoms with van der Waals surface area (Å²) in [6, 6.07) is 0. The van der Waals surface area contributed by atoms with Crippen LogP contribution in [0.4, 0.5) is 0 Å². The minimum atomic E-state index is 0.0256. The summed E-state index contributed by atoms with van der Waals surface area (Å²) < 4.78 is 1.60. The van der Waals surface area contributed by atoms with Crippen molar-refractivity contribution in [3.05, 3.63) is 16.4 Å². The van der Waals surface area contributed by atoms with E-state index in [4.69, 9.17) is 11.6 Å². The summed E-state index contributed by atoms with van der Waals surface area (Å²) in [6.45, 7) is 6.62. The van der Waals surface area contributed by atoms with Crippen LogP contribution in [0, 0.1) is 5.92 Å². The predicted molar refractivity (Wildman–Crippen MR) is 84.9 cm³/mol. The largest absolute Gasteiger partial charge is 0.338 e. The molecule has 1 N–H and O–H groups in total.